The fourth-order valence-electron chi connectivity index (χ4n) is 2.44. The summed E-state index contributed by atoms with van der Waals surface area (Å²) in [5.74, 6) is 0.0492. The van der Waals surface area contributed by atoms with Crippen LogP contribution in [0.25, 0.3) is 6.08 Å². The monoisotopic (exact) mass is 319 g/mol. The summed E-state index contributed by atoms with van der Waals surface area (Å²) in [7, 11) is 0. The van der Waals surface area contributed by atoms with E-state index in [1.165, 1.54) is 11.0 Å². The normalized spacial score (nSPS) is 20.5. The molecular weight excluding hydrogens is 302 g/mol. The van der Waals surface area contributed by atoms with Gasteiger partial charge in [0.05, 0.1) is 13.2 Å². The van der Waals surface area contributed by atoms with Crippen molar-refractivity contribution in [2.45, 2.75) is 6.10 Å². The van der Waals surface area contributed by atoms with Crippen LogP contribution < -0.4 is 9.47 Å². The molecule has 2 heterocycles. The highest BCUT2D eigenvalue weighted by Gasteiger charge is 2.27. The van der Waals surface area contributed by atoms with Crippen molar-refractivity contribution in [1.29, 1.82) is 0 Å². The highest BCUT2D eigenvalue weighted by Crippen LogP contribution is 2.31. The SMILES string of the molecule is O=C(O)C1CN(C(=O)/C=C/c2ccc3c(c2)OCCO3)CCO1. The summed E-state index contributed by atoms with van der Waals surface area (Å²) in [5.41, 5.74) is 0.811. The molecule has 1 aromatic carbocycles. The minimum atomic E-state index is -1.06. The van der Waals surface area contributed by atoms with Gasteiger partial charge in [-0.3, -0.25) is 4.79 Å². The van der Waals surface area contributed by atoms with Gasteiger partial charge in [-0.05, 0) is 23.8 Å². The highest BCUT2D eigenvalue weighted by molar-refractivity contribution is 5.92. The smallest absolute Gasteiger partial charge is 0.334 e. The average molecular weight is 319 g/mol. The molecular formula is C16H17NO6. The molecule has 1 amide bonds. The van der Waals surface area contributed by atoms with Gasteiger partial charge in [0.25, 0.3) is 0 Å². The van der Waals surface area contributed by atoms with Gasteiger partial charge in [0.1, 0.15) is 13.2 Å². The Kier molecular flexibility index (Phi) is 4.47. The van der Waals surface area contributed by atoms with Crippen LogP contribution >= 0.6 is 0 Å². The number of carbonyl (C=O) groups excluding carboxylic acids is 1. The van der Waals surface area contributed by atoms with Crippen LogP contribution in [0.2, 0.25) is 0 Å². The summed E-state index contributed by atoms with van der Waals surface area (Å²) >= 11 is 0. The number of amides is 1. The van der Waals surface area contributed by atoms with E-state index >= 15 is 0 Å². The van der Waals surface area contributed by atoms with Gasteiger partial charge >= 0.3 is 5.97 Å². The number of nitrogens with zero attached hydrogens (tertiary/aromatic N) is 1. The van der Waals surface area contributed by atoms with E-state index in [9.17, 15) is 9.59 Å². The minimum absolute atomic E-state index is 0.0552. The van der Waals surface area contributed by atoms with Crippen LogP contribution in [0.4, 0.5) is 0 Å². The predicted octanol–water partition coefficient (Wildman–Crippen LogP) is 0.783. The summed E-state index contributed by atoms with van der Waals surface area (Å²) in [5, 5.41) is 8.95. The van der Waals surface area contributed by atoms with Crippen molar-refractivity contribution < 1.29 is 28.9 Å². The maximum Gasteiger partial charge on any atom is 0.334 e. The molecule has 0 bridgehead atoms. The zero-order valence-electron chi connectivity index (χ0n) is 12.4. The Bertz CT molecular complexity index is 641. The van der Waals surface area contributed by atoms with Gasteiger partial charge in [-0.2, -0.15) is 0 Å². The van der Waals surface area contributed by atoms with Gasteiger partial charge in [0, 0.05) is 12.6 Å². The van der Waals surface area contributed by atoms with E-state index in [-0.39, 0.29) is 19.1 Å². The Balaban J connectivity index is 1.65. The van der Waals surface area contributed by atoms with Crippen LogP contribution in [0.15, 0.2) is 24.3 Å². The zero-order chi connectivity index (χ0) is 16.2. The van der Waals surface area contributed by atoms with Gasteiger partial charge < -0.3 is 24.2 Å². The first kappa shape index (κ1) is 15.4. The van der Waals surface area contributed by atoms with E-state index in [4.69, 9.17) is 19.3 Å². The lowest BCUT2D eigenvalue weighted by molar-refractivity contribution is -0.158. The van der Waals surface area contributed by atoms with Crippen LogP contribution in [0.5, 0.6) is 11.5 Å². The maximum absolute atomic E-state index is 12.2. The van der Waals surface area contributed by atoms with E-state index in [1.54, 1.807) is 18.2 Å². The number of rotatable bonds is 3. The van der Waals surface area contributed by atoms with E-state index in [0.29, 0.717) is 31.3 Å². The van der Waals surface area contributed by atoms with Crippen LogP contribution in [0, 0.1) is 0 Å². The number of carboxylic acids is 1. The van der Waals surface area contributed by atoms with Crippen molar-refractivity contribution in [2.24, 2.45) is 0 Å². The average Bonchev–Trinajstić information content (AvgIpc) is 2.59. The molecule has 1 unspecified atom stereocenters. The first-order chi connectivity index (χ1) is 11.1. The standard InChI is InChI=1S/C16H17NO6/c18-15(17-5-6-21-14(10-17)16(19)20)4-2-11-1-3-12-13(9-11)23-8-7-22-12/h1-4,9,14H,5-8,10H2,(H,19,20)/b4-2+. The first-order valence-electron chi connectivity index (χ1n) is 7.34. The molecule has 7 heteroatoms. The molecule has 7 nitrogen and oxygen atoms in total. The number of carbonyl (C=O) groups is 2. The van der Waals surface area contributed by atoms with Crippen molar-refractivity contribution in [3.05, 3.63) is 29.8 Å². The number of aliphatic carboxylic acids is 1. The fraction of sp³-hybridized carbons (Fsp3) is 0.375. The van der Waals surface area contributed by atoms with Gasteiger partial charge in [-0.25, -0.2) is 4.79 Å². The van der Waals surface area contributed by atoms with Gasteiger partial charge in [-0.1, -0.05) is 6.07 Å². The van der Waals surface area contributed by atoms with Crippen LogP contribution in [0.3, 0.4) is 0 Å². The van der Waals surface area contributed by atoms with Crippen molar-refractivity contribution in [2.75, 3.05) is 32.9 Å². The third-order valence-electron chi connectivity index (χ3n) is 3.64. The van der Waals surface area contributed by atoms with Gasteiger partial charge in [0.15, 0.2) is 17.6 Å². The second-order valence-corrected chi connectivity index (χ2v) is 5.22. The molecule has 0 spiro atoms. The Morgan fingerprint density at radius 2 is 1.96 bits per heavy atom. The van der Waals surface area contributed by atoms with Crippen molar-refractivity contribution >= 4 is 18.0 Å². The summed E-state index contributed by atoms with van der Waals surface area (Å²) in [4.78, 5) is 24.6. The van der Waals surface area contributed by atoms with E-state index in [2.05, 4.69) is 0 Å². The van der Waals surface area contributed by atoms with E-state index in [1.807, 2.05) is 6.07 Å². The highest BCUT2D eigenvalue weighted by atomic mass is 16.6. The molecule has 1 fully saturated rings. The molecule has 122 valence electrons. The van der Waals surface area contributed by atoms with Crippen molar-refractivity contribution in [3.8, 4) is 11.5 Å². The zero-order valence-corrected chi connectivity index (χ0v) is 12.4. The third-order valence-corrected chi connectivity index (χ3v) is 3.64. The topological polar surface area (TPSA) is 85.3 Å². The second kappa shape index (κ2) is 6.70. The molecule has 1 N–H and O–H groups in total. The lowest BCUT2D eigenvalue weighted by Crippen LogP contribution is -2.48. The maximum atomic E-state index is 12.2. The number of hydrogen-bond donors (Lipinski definition) is 1. The quantitative estimate of drug-likeness (QED) is 0.829. The molecule has 0 aromatic heterocycles. The Morgan fingerprint density at radius 1 is 1.17 bits per heavy atom. The Labute approximate surface area is 133 Å². The summed E-state index contributed by atoms with van der Waals surface area (Å²) < 4.78 is 16.0. The third kappa shape index (κ3) is 3.62. The lowest BCUT2D eigenvalue weighted by Gasteiger charge is -2.30. The number of ether oxygens (including phenoxy) is 3. The molecule has 2 aliphatic rings. The molecule has 3 rings (SSSR count). The van der Waals surface area contributed by atoms with E-state index in [0.717, 1.165) is 5.56 Å². The molecule has 1 saturated heterocycles. The number of benzene rings is 1. The molecule has 1 atom stereocenters. The largest absolute Gasteiger partial charge is 0.486 e. The van der Waals surface area contributed by atoms with Crippen LogP contribution in [-0.2, 0) is 14.3 Å². The number of hydrogen-bond acceptors (Lipinski definition) is 5. The summed E-state index contributed by atoms with van der Waals surface area (Å²) in [6, 6.07) is 5.43. The summed E-state index contributed by atoms with van der Waals surface area (Å²) in [6.45, 7) is 1.69. The molecule has 0 aliphatic carbocycles. The Morgan fingerprint density at radius 3 is 2.74 bits per heavy atom. The molecule has 0 saturated carbocycles. The minimum Gasteiger partial charge on any atom is -0.486 e. The van der Waals surface area contributed by atoms with Crippen molar-refractivity contribution in [1.82, 2.24) is 4.90 Å². The predicted molar refractivity (Wildman–Crippen MR) is 80.4 cm³/mol. The molecule has 1 aromatic rings. The summed E-state index contributed by atoms with van der Waals surface area (Å²) in [6.07, 6.45) is 2.14. The number of carboxylic acid groups (broad SMARTS) is 1. The molecule has 23 heavy (non-hydrogen) atoms. The first-order valence-corrected chi connectivity index (χ1v) is 7.34. The molecule has 2 aliphatic heterocycles. The Hall–Kier alpha value is -2.54. The van der Waals surface area contributed by atoms with Crippen LogP contribution in [-0.4, -0.2) is 60.9 Å². The molecule has 0 radical (unpaired) electrons. The van der Waals surface area contributed by atoms with Crippen molar-refractivity contribution in [3.63, 3.8) is 0 Å². The van der Waals surface area contributed by atoms with Crippen LogP contribution in [0.1, 0.15) is 5.56 Å². The van der Waals surface area contributed by atoms with Gasteiger partial charge in [0.2, 0.25) is 5.91 Å². The second-order valence-electron chi connectivity index (χ2n) is 5.22. The lowest BCUT2D eigenvalue weighted by atomic mass is 10.1. The van der Waals surface area contributed by atoms with Gasteiger partial charge in [-0.15, -0.1) is 0 Å². The fourth-order valence-corrected chi connectivity index (χ4v) is 2.44. The number of fused-ring (bicyclic) bond motifs is 1. The van der Waals surface area contributed by atoms with E-state index < -0.39 is 12.1 Å². The number of morpholine rings is 1.